The van der Waals surface area contributed by atoms with E-state index in [2.05, 4.69) is 0 Å². The minimum absolute atomic E-state index is 0.0118. The number of hydrogen-bond donors (Lipinski definition) is 5. The van der Waals surface area contributed by atoms with E-state index in [4.69, 9.17) is 10.2 Å². The summed E-state index contributed by atoms with van der Waals surface area (Å²) in [7, 11) is 0. The quantitative estimate of drug-likeness (QED) is 0.388. The van der Waals surface area contributed by atoms with Crippen molar-refractivity contribution in [3.05, 3.63) is 41.7 Å². The number of amides is 1. The van der Waals surface area contributed by atoms with Crippen LogP contribution in [0.5, 0.6) is 5.75 Å². The molecule has 0 bridgehead atoms. The molecule has 198 valence electrons. The van der Waals surface area contributed by atoms with Gasteiger partial charge in [-0.1, -0.05) is 27.7 Å². The first-order valence-electron chi connectivity index (χ1n) is 12.6. The first-order valence-corrected chi connectivity index (χ1v) is 12.6. The number of ketones is 2. The third-order valence-corrected chi connectivity index (χ3v) is 9.45. The number of benzene rings is 1. The number of aromatic hydroxyl groups is 1. The average molecular weight is 512 g/mol. The summed E-state index contributed by atoms with van der Waals surface area (Å²) in [5.74, 6) is -6.61. The summed E-state index contributed by atoms with van der Waals surface area (Å²) in [5, 5.41) is 45.8. The maximum absolute atomic E-state index is 14.0. The highest BCUT2D eigenvalue weighted by Gasteiger charge is 2.75. The Bertz CT molecular complexity index is 1300. The molecule has 3 aliphatic rings. The number of aliphatic hydroxyl groups excluding tert-OH is 2. The summed E-state index contributed by atoms with van der Waals surface area (Å²) < 4.78 is 5.58. The average Bonchev–Trinajstić information content (AvgIpc) is 3.30. The molecule has 5 rings (SSSR count). The van der Waals surface area contributed by atoms with Crippen molar-refractivity contribution in [3.8, 4) is 17.1 Å². The van der Waals surface area contributed by atoms with E-state index in [1.165, 1.54) is 12.3 Å². The highest BCUT2D eigenvalue weighted by molar-refractivity contribution is 6.09. The molecule has 1 aromatic heterocycles. The third-order valence-electron chi connectivity index (χ3n) is 9.45. The van der Waals surface area contributed by atoms with Gasteiger partial charge in [0.15, 0.2) is 17.2 Å². The van der Waals surface area contributed by atoms with Crippen LogP contribution in [-0.4, -0.2) is 55.7 Å². The molecule has 3 aliphatic carbocycles. The van der Waals surface area contributed by atoms with E-state index in [1.807, 2.05) is 20.8 Å². The predicted molar refractivity (Wildman–Crippen MR) is 131 cm³/mol. The van der Waals surface area contributed by atoms with Crippen molar-refractivity contribution in [1.82, 2.24) is 0 Å². The number of carbonyl (C=O) groups is 3. The number of furan rings is 1. The van der Waals surface area contributed by atoms with Crippen LogP contribution in [0.2, 0.25) is 0 Å². The largest absolute Gasteiger partial charge is 0.507 e. The summed E-state index contributed by atoms with van der Waals surface area (Å²) in [6.07, 6.45) is -1.52. The normalized spacial score (nSPS) is 39.2. The van der Waals surface area contributed by atoms with E-state index in [0.717, 1.165) is 0 Å². The van der Waals surface area contributed by atoms with Crippen molar-refractivity contribution in [2.24, 2.45) is 40.2 Å². The molecule has 1 aromatic carbocycles. The predicted octanol–water partition coefficient (Wildman–Crippen LogP) is 1.83. The minimum atomic E-state index is -2.52. The van der Waals surface area contributed by atoms with E-state index in [1.54, 1.807) is 25.1 Å². The number of rotatable bonds is 3. The lowest BCUT2D eigenvalue weighted by Gasteiger charge is -2.66. The van der Waals surface area contributed by atoms with Crippen LogP contribution in [0.3, 0.4) is 0 Å². The van der Waals surface area contributed by atoms with Gasteiger partial charge in [-0.05, 0) is 59.9 Å². The van der Waals surface area contributed by atoms with E-state index < -0.39 is 63.9 Å². The first-order chi connectivity index (χ1) is 17.2. The van der Waals surface area contributed by atoms with Crippen LogP contribution in [0.1, 0.15) is 50.0 Å². The molecule has 8 atom stereocenters. The molecule has 0 saturated heterocycles. The number of aliphatic hydroxyl groups is 3. The maximum atomic E-state index is 14.0. The molecule has 2 saturated carbocycles. The molecule has 9 heteroatoms. The smallest absolute Gasteiger partial charge is 0.230 e. The Morgan fingerprint density at radius 1 is 1.16 bits per heavy atom. The van der Waals surface area contributed by atoms with Crippen LogP contribution >= 0.6 is 0 Å². The number of hydrogen-bond acceptors (Lipinski definition) is 8. The van der Waals surface area contributed by atoms with E-state index in [0.29, 0.717) is 16.9 Å². The van der Waals surface area contributed by atoms with Gasteiger partial charge in [0.1, 0.15) is 23.5 Å². The van der Waals surface area contributed by atoms with Gasteiger partial charge in [-0.3, -0.25) is 14.4 Å². The molecule has 2 unspecified atom stereocenters. The number of Topliss-reactive ketones (excluding diaryl/α,β-unsaturated/α-hetero) is 2. The monoisotopic (exact) mass is 511 g/mol. The second-order valence-electron chi connectivity index (χ2n) is 11.9. The number of fused-ring (bicyclic) bond motifs is 3. The topological polar surface area (TPSA) is 171 Å². The lowest BCUT2D eigenvalue weighted by Crippen LogP contribution is -2.79. The fraction of sp³-hybridized carbons (Fsp3) is 0.536. The number of carbonyl (C=O) groups excluding carboxylic acids is 3. The highest BCUT2D eigenvalue weighted by atomic mass is 16.4. The van der Waals surface area contributed by atoms with Crippen molar-refractivity contribution < 1.29 is 39.2 Å². The number of phenolic OH excluding ortho intramolecular Hbond substituents is 1. The molecular formula is C28H33NO8. The molecule has 6 N–H and O–H groups in total. The van der Waals surface area contributed by atoms with Gasteiger partial charge in [0.2, 0.25) is 5.91 Å². The number of primary amides is 1. The van der Waals surface area contributed by atoms with Gasteiger partial charge in [-0.25, -0.2) is 0 Å². The van der Waals surface area contributed by atoms with Crippen LogP contribution in [0.25, 0.3) is 11.3 Å². The molecule has 0 radical (unpaired) electrons. The van der Waals surface area contributed by atoms with Crippen LogP contribution in [0.4, 0.5) is 0 Å². The van der Waals surface area contributed by atoms with Gasteiger partial charge in [-0.2, -0.15) is 0 Å². The molecule has 2 fully saturated rings. The van der Waals surface area contributed by atoms with Crippen molar-refractivity contribution in [2.75, 3.05) is 0 Å². The van der Waals surface area contributed by atoms with Gasteiger partial charge in [0, 0.05) is 11.0 Å². The zero-order chi connectivity index (χ0) is 27.2. The second kappa shape index (κ2) is 7.99. The van der Waals surface area contributed by atoms with Crippen LogP contribution in [-0.2, 0) is 16.0 Å². The Kier molecular flexibility index (Phi) is 5.54. The standard InChI is InChI=1S/C28H33NO8/c1-12(2)19-22(32)18(25(29)35)23(33)28(36)24(34)20-21(31)17-14(10-26(20,3)11-27(19,28)4)13(7-8-15(17)30)16-6-5-9-37-16/h5-9,12,18-20,22,24,30,32,34,36H,10-11H2,1-4H3,(H2,29,35)/t18-,19+,20-,22?,24?,26-,27-,28+/m1/s1. The maximum Gasteiger partial charge on any atom is 0.230 e. The minimum Gasteiger partial charge on any atom is -0.507 e. The van der Waals surface area contributed by atoms with Gasteiger partial charge >= 0.3 is 0 Å². The van der Waals surface area contributed by atoms with Crippen LogP contribution in [0, 0.1) is 34.5 Å². The van der Waals surface area contributed by atoms with Crippen molar-refractivity contribution >= 4 is 17.5 Å². The highest BCUT2D eigenvalue weighted by Crippen LogP contribution is 2.66. The SMILES string of the molecule is CC(C)[C@H]1C(O)[C@@H](C(N)=O)C(=O)[C@]2(O)C(O)[C@H]3C(=O)c4c(O)ccc(-c5ccco5)c4C[C@]3(C)C[C@]12C. The molecule has 0 spiro atoms. The fourth-order valence-corrected chi connectivity index (χ4v) is 8.20. The van der Waals surface area contributed by atoms with Gasteiger partial charge in [-0.15, -0.1) is 0 Å². The number of nitrogens with two attached hydrogens (primary N) is 1. The molecule has 1 heterocycles. The summed E-state index contributed by atoms with van der Waals surface area (Å²) in [6.45, 7) is 7.07. The Morgan fingerprint density at radius 3 is 2.41 bits per heavy atom. The van der Waals surface area contributed by atoms with E-state index in [-0.39, 0.29) is 30.1 Å². The van der Waals surface area contributed by atoms with Crippen molar-refractivity contribution in [2.45, 2.75) is 58.3 Å². The van der Waals surface area contributed by atoms with Crippen molar-refractivity contribution in [1.29, 1.82) is 0 Å². The van der Waals surface area contributed by atoms with Crippen molar-refractivity contribution in [3.63, 3.8) is 0 Å². The van der Waals surface area contributed by atoms with E-state index >= 15 is 0 Å². The summed E-state index contributed by atoms with van der Waals surface area (Å²) in [5.41, 5.74) is 1.80. The third kappa shape index (κ3) is 3.11. The zero-order valence-electron chi connectivity index (χ0n) is 21.3. The molecule has 2 aromatic rings. The molecule has 0 aliphatic heterocycles. The number of phenols is 1. The van der Waals surface area contributed by atoms with Crippen LogP contribution < -0.4 is 5.73 Å². The lowest BCUT2D eigenvalue weighted by atomic mass is 9.39. The molecule has 9 nitrogen and oxygen atoms in total. The Labute approximate surface area is 214 Å². The Morgan fingerprint density at radius 2 is 1.84 bits per heavy atom. The molecular weight excluding hydrogens is 478 g/mol. The van der Waals surface area contributed by atoms with Gasteiger partial charge in [0.05, 0.1) is 23.8 Å². The first kappa shape index (κ1) is 25.6. The fourth-order valence-electron chi connectivity index (χ4n) is 8.20. The second-order valence-corrected chi connectivity index (χ2v) is 11.9. The molecule has 1 amide bonds. The molecule has 37 heavy (non-hydrogen) atoms. The van der Waals surface area contributed by atoms with E-state index in [9.17, 15) is 34.8 Å². The zero-order valence-corrected chi connectivity index (χ0v) is 21.3. The van der Waals surface area contributed by atoms with Gasteiger partial charge in [0.25, 0.3) is 0 Å². The Balaban J connectivity index is 1.74. The summed E-state index contributed by atoms with van der Waals surface area (Å²) in [6, 6.07) is 6.51. The summed E-state index contributed by atoms with van der Waals surface area (Å²) in [4.78, 5) is 40.0. The Hall–Kier alpha value is -3.01. The lowest BCUT2D eigenvalue weighted by molar-refractivity contribution is -0.265. The van der Waals surface area contributed by atoms with Crippen LogP contribution in [0.15, 0.2) is 34.9 Å². The summed E-state index contributed by atoms with van der Waals surface area (Å²) >= 11 is 0. The van der Waals surface area contributed by atoms with Gasteiger partial charge < -0.3 is 30.6 Å².